The molecule has 2 aliphatic rings. The maximum atomic E-state index is 13.8. The summed E-state index contributed by atoms with van der Waals surface area (Å²) in [6, 6.07) is 10.1. The van der Waals surface area contributed by atoms with Crippen LogP contribution in [0.25, 0.3) is 0 Å². The fourth-order valence-electron chi connectivity index (χ4n) is 4.34. The molecule has 0 aliphatic carbocycles. The summed E-state index contributed by atoms with van der Waals surface area (Å²) in [5.74, 6) is 0.547. The van der Waals surface area contributed by atoms with Crippen LogP contribution in [0.3, 0.4) is 0 Å². The molecule has 0 spiro atoms. The number of piperazine rings is 1. The van der Waals surface area contributed by atoms with Gasteiger partial charge in [0, 0.05) is 44.7 Å². The number of anilines is 1. The standard InChI is InChI=1S/C26H27F2N5O2/c1-17-15-20(7-8-22(17)28)35-24-21-16-33(25(34)18-3-5-19(27)6-4-18)10-9-23(21)29-26(30-24)32-13-11-31(2)12-14-32/h3-8,15H,9-14,16H2,1-2H3. The van der Waals surface area contributed by atoms with Crippen LogP contribution in [0.2, 0.25) is 0 Å². The van der Waals surface area contributed by atoms with Crippen molar-refractivity contribution in [2.75, 3.05) is 44.7 Å². The summed E-state index contributed by atoms with van der Waals surface area (Å²) in [4.78, 5) is 28.8. The van der Waals surface area contributed by atoms with Gasteiger partial charge in [-0.1, -0.05) is 0 Å². The van der Waals surface area contributed by atoms with E-state index in [9.17, 15) is 13.6 Å². The molecule has 9 heteroatoms. The van der Waals surface area contributed by atoms with Crippen molar-refractivity contribution in [2.45, 2.75) is 19.9 Å². The fourth-order valence-corrected chi connectivity index (χ4v) is 4.34. The van der Waals surface area contributed by atoms with Crippen LogP contribution in [0, 0.1) is 18.6 Å². The van der Waals surface area contributed by atoms with Crippen LogP contribution in [-0.2, 0) is 13.0 Å². The van der Waals surface area contributed by atoms with Crippen LogP contribution in [-0.4, -0.2) is 65.4 Å². The third kappa shape index (κ3) is 4.95. The molecule has 2 aliphatic heterocycles. The molecular formula is C26H27F2N5O2. The van der Waals surface area contributed by atoms with Crippen LogP contribution < -0.4 is 9.64 Å². The lowest BCUT2D eigenvalue weighted by Crippen LogP contribution is -2.45. The van der Waals surface area contributed by atoms with Crippen molar-refractivity contribution < 1.29 is 18.3 Å². The lowest BCUT2D eigenvalue weighted by Gasteiger charge is -2.34. The monoisotopic (exact) mass is 479 g/mol. The summed E-state index contributed by atoms with van der Waals surface area (Å²) >= 11 is 0. The van der Waals surface area contributed by atoms with Crippen molar-refractivity contribution in [3.05, 3.63) is 76.5 Å². The van der Waals surface area contributed by atoms with Gasteiger partial charge in [0.1, 0.15) is 17.4 Å². The summed E-state index contributed by atoms with van der Waals surface area (Å²) < 4.78 is 33.3. The quantitative estimate of drug-likeness (QED) is 0.567. The number of nitrogens with zero attached hydrogens (tertiary/aromatic N) is 5. The Morgan fingerprint density at radius 2 is 1.71 bits per heavy atom. The predicted octanol–water partition coefficient (Wildman–Crippen LogP) is 3.81. The third-order valence-electron chi connectivity index (χ3n) is 6.52. The Morgan fingerprint density at radius 1 is 0.971 bits per heavy atom. The Labute approximate surface area is 203 Å². The molecule has 2 aromatic carbocycles. The van der Waals surface area contributed by atoms with Crippen LogP contribution in [0.4, 0.5) is 14.7 Å². The van der Waals surface area contributed by atoms with Gasteiger partial charge in [-0.25, -0.2) is 13.8 Å². The van der Waals surface area contributed by atoms with Crippen LogP contribution >= 0.6 is 0 Å². The van der Waals surface area contributed by atoms with Crippen molar-refractivity contribution >= 4 is 11.9 Å². The molecule has 3 aromatic rings. The molecule has 1 fully saturated rings. The second-order valence-corrected chi connectivity index (χ2v) is 9.04. The van der Waals surface area contributed by atoms with Gasteiger partial charge >= 0.3 is 0 Å². The van der Waals surface area contributed by atoms with E-state index in [1.165, 1.54) is 30.3 Å². The van der Waals surface area contributed by atoms with E-state index < -0.39 is 0 Å². The number of carbonyl (C=O) groups is 1. The number of hydrogen-bond acceptors (Lipinski definition) is 6. The highest BCUT2D eigenvalue weighted by molar-refractivity contribution is 5.94. The Balaban J connectivity index is 1.48. The van der Waals surface area contributed by atoms with Gasteiger partial charge in [-0.05, 0) is 62.0 Å². The highest BCUT2D eigenvalue weighted by Crippen LogP contribution is 2.32. The number of ether oxygens (including phenoxy) is 1. The predicted molar refractivity (Wildman–Crippen MR) is 128 cm³/mol. The highest BCUT2D eigenvalue weighted by atomic mass is 19.1. The zero-order valence-corrected chi connectivity index (χ0v) is 19.8. The second kappa shape index (κ2) is 9.58. The van der Waals surface area contributed by atoms with E-state index in [1.807, 2.05) is 0 Å². The molecule has 0 atom stereocenters. The first kappa shape index (κ1) is 23.2. The number of fused-ring (bicyclic) bond motifs is 1. The van der Waals surface area contributed by atoms with Gasteiger partial charge in [0.25, 0.3) is 5.91 Å². The zero-order valence-electron chi connectivity index (χ0n) is 19.8. The largest absolute Gasteiger partial charge is 0.438 e. The smallest absolute Gasteiger partial charge is 0.254 e. The summed E-state index contributed by atoms with van der Waals surface area (Å²) in [5, 5.41) is 0. The van der Waals surface area contributed by atoms with E-state index in [2.05, 4.69) is 16.8 Å². The molecule has 1 amide bonds. The number of halogens is 2. The minimum atomic E-state index is -0.388. The number of aryl methyl sites for hydroxylation is 1. The fraction of sp³-hybridized carbons (Fsp3) is 0.346. The number of likely N-dealkylation sites (N-methyl/N-ethyl adjacent to an activating group) is 1. The molecule has 3 heterocycles. The summed E-state index contributed by atoms with van der Waals surface area (Å²) in [6.45, 7) is 5.86. The maximum Gasteiger partial charge on any atom is 0.254 e. The van der Waals surface area contributed by atoms with Gasteiger partial charge in [0.2, 0.25) is 11.8 Å². The number of hydrogen-bond donors (Lipinski definition) is 0. The highest BCUT2D eigenvalue weighted by Gasteiger charge is 2.29. The molecule has 0 radical (unpaired) electrons. The molecular weight excluding hydrogens is 452 g/mol. The van der Waals surface area contributed by atoms with Gasteiger partial charge in [0.15, 0.2) is 0 Å². The second-order valence-electron chi connectivity index (χ2n) is 9.04. The average Bonchev–Trinajstić information content (AvgIpc) is 2.86. The number of benzene rings is 2. The molecule has 0 unspecified atom stereocenters. The molecule has 7 nitrogen and oxygen atoms in total. The van der Waals surface area contributed by atoms with E-state index >= 15 is 0 Å². The minimum Gasteiger partial charge on any atom is -0.438 e. The lowest BCUT2D eigenvalue weighted by atomic mass is 10.0. The topological polar surface area (TPSA) is 61.8 Å². The van der Waals surface area contributed by atoms with Crippen LogP contribution in [0.5, 0.6) is 11.6 Å². The molecule has 0 bridgehead atoms. The lowest BCUT2D eigenvalue weighted by molar-refractivity contribution is 0.0732. The molecule has 0 N–H and O–H groups in total. The molecule has 35 heavy (non-hydrogen) atoms. The van der Waals surface area contributed by atoms with Gasteiger partial charge in [-0.2, -0.15) is 4.98 Å². The Morgan fingerprint density at radius 3 is 2.43 bits per heavy atom. The van der Waals surface area contributed by atoms with Crippen molar-refractivity contribution in [3.63, 3.8) is 0 Å². The SMILES string of the molecule is Cc1cc(Oc2nc(N3CCN(C)CC3)nc3c2CN(C(=O)c2ccc(F)cc2)CC3)ccc1F. The van der Waals surface area contributed by atoms with Crippen LogP contribution in [0.15, 0.2) is 42.5 Å². The van der Waals surface area contributed by atoms with Gasteiger partial charge in [-0.15, -0.1) is 0 Å². The Bertz CT molecular complexity index is 1240. The number of amides is 1. The van der Waals surface area contributed by atoms with E-state index in [1.54, 1.807) is 24.0 Å². The third-order valence-corrected chi connectivity index (χ3v) is 6.52. The summed E-state index contributed by atoms with van der Waals surface area (Å²) in [6.07, 6.45) is 0.546. The number of carbonyl (C=O) groups excluding carboxylic acids is 1. The van der Waals surface area contributed by atoms with Crippen LogP contribution in [0.1, 0.15) is 27.2 Å². The van der Waals surface area contributed by atoms with Crippen molar-refractivity contribution in [1.29, 1.82) is 0 Å². The van der Waals surface area contributed by atoms with Gasteiger partial charge < -0.3 is 19.4 Å². The minimum absolute atomic E-state index is 0.192. The Hall–Kier alpha value is -3.59. The van der Waals surface area contributed by atoms with E-state index in [-0.39, 0.29) is 24.1 Å². The average molecular weight is 480 g/mol. The first-order valence-corrected chi connectivity index (χ1v) is 11.7. The zero-order chi connectivity index (χ0) is 24.5. The van der Waals surface area contributed by atoms with E-state index in [0.717, 1.165) is 37.4 Å². The maximum absolute atomic E-state index is 13.8. The van der Waals surface area contributed by atoms with Gasteiger partial charge in [-0.3, -0.25) is 4.79 Å². The molecule has 1 aromatic heterocycles. The molecule has 5 rings (SSSR count). The number of rotatable bonds is 4. The summed E-state index contributed by atoms with van der Waals surface area (Å²) in [7, 11) is 2.09. The Kier molecular flexibility index (Phi) is 6.34. The first-order valence-electron chi connectivity index (χ1n) is 11.7. The molecule has 182 valence electrons. The molecule has 1 saturated heterocycles. The van der Waals surface area contributed by atoms with Crippen molar-refractivity contribution in [1.82, 2.24) is 19.8 Å². The molecule has 0 saturated carbocycles. The summed E-state index contributed by atoms with van der Waals surface area (Å²) in [5.41, 5.74) is 2.46. The first-order chi connectivity index (χ1) is 16.9. The van der Waals surface area contributed by atoms with E-state index in [0.29, 0.717) is 41.7 Å². The van der Waals surface area contributed by atoms with Crippen molar-refractivity contribution in [3.8, 4) is 11.6 Å². The normalized spacial score (nSPS) is 16.2. The van der Waals surface area contributed by atoms with Gasteiger partial charge in [0.05, 0.1) is 17.8 Å². The van der Waals surface area contributed by atoms with E-state index in [4.69, 9.17) is 14.7 Å². The number of aromatic nitrogens is 2. The van der Waals surface area contributed by atoms with Crippen molar-refractivity contribution in [2.24, 2.45) is 0 Å².